The van der Waals surface area contributed by atoms with E-state index in [-0.39, 0.29) is 12.4 Å². The monoisotopic (exact) mass is 370 g/mol. The zero-order valence-electron chi connectivity index (χ0n) is 14.8. The molecule has 0 saturated heterocycles. The Balaban J connectivity index is 0.00000196. The van der Waals surface area contributed by atoms with Crippen LogP contribution in [-0.4, -0.2) is 12.1 Å². The van der Waals surface area contributed by atoms with Crippen molar-refractivity contribution in [1.29, 1.82) is 0 Å². The zero-order valence-corrected chi connectivity index (χ0v) is 15.6. The van der Waals surface area contributed by atoms with Crippen LogP contribution in [0.1, 0.15) is 30.5 Å². The average Bonchev–Trinajstić information content (AvgIpc) is 2.88. The molecule has 0 bridgehead atoms. The summed E-state index contributed by atoms with van der Waals surface area (Å²) < 4.78 is 11.4. The molecule has 4 nitrogen and oxygen atoms in total. The molecule has 0 fully saturated rings. The molecule has 1 aromatic heterocycles. The van der Waals surface area contributed by atoms with E-state index in [0.29, 0.717) is 11.5 Å². The van der Waals surface area contributed by atoms with Gasteiger partial charge in [0.25, 0.3) is 0 Å². The maximum atomic E-state index is 6.51. The van der Waals surface area contributed by atoms with Crippen LogP contribution < -0.4 is 15.2 Å². The van der Waals surface area contributed by atoms with Gasteiger partial charge in [0.05, 0.1) is 12.6 Å². The number of para-hydroxylation sites is 2. The quantitative estimate of drug-likeness (QED) is 0.635. The minimum Gasteiger partial charge on any atom is -0.493 e. The molecule has 26 heavy (non-hydrogen) atoms. The molecule has 3 aromatic rings. The van der Waals surface area contributed by atoms with Gasteiger partial charge in [0.15, 0.2) is 11.5 Å². The molecule has 0 saturated carbocycles. The highest BCUT2D eigenvalue weighted by Crippen LogP contribution is 2.35. The van der Waals surface area contributed by atoms with Crippen molar-refractivity contribution in [2.24, 2.45) is 0 Å². The SMILES string of the molecule is COc1ccccc1Oc1ccc2nc3c(c(N)c2c1)CCCCC3.Cl. The Morgan fingerprint density at radius 3 is 2.54 bits per heavy atom. The molecule has 1 heterocycles. The fourth-order valence-electron chi connectivity index (χ4n) is 3.51. The largest absolute Gasteiger partial charge is 0.493 e. The number of nitrogens with two attached hydrogens (primary N) is 1. The van der Waals surface area contributed by atoms with Crippen LogP contribution >= 0.6 is 12.4 Å². The van der Waals surface area contributed by atoms with Crippen LogP contribution in [0.25, 0.3) is 10.9 Å². The van der Waals surface area contributed by atoms with Crippen LogP contribution in [0.2, 0.25) is 0 Å². The summed E-state index contributed by atoms with van der Waals surface area (Å²) >= 11 is 0. The van der Waals surface area contributed by atoms with Gasteiger partial charge in [-0.15, -0.1) is 12.4 Å². The molecule has 0 unspecified atom stereocenters. The van der Waals surface area contributed by atoms with Crippen LogP contribution in [0.3, 0.4) is 0 Å². The summed E-state index contributed by atoms with van der Waals surface area (Å²) in [6.45, 7) is 0. The number of halogens is 1. The molecule has 2 N–H and O–H groups in total. The van der Waals surface area contributed by atoms with Crippen molar-refractivity contribution >= 4 is 29.0 Å². The van der Waals surface area contributed by atoms with Crippen LogP contribution in [0, 0.1) is 0 Å². The maximum absolute atomic E-state index is 6.51. The Morgan fingerprint density at radius 1 is 0.962 bits per heavy atom. The molecule has 136 valence electrons. The lowest BCUT2D eigenvalue weighted by Crippen LogP contribution is -2.03. The summed E-state index contributed by atoms with van der Waals surface area (Å²) in [6, 6.07) is 13.5. The topological polar surface area (TPSA) is 57.4 Å². The summed E-state index contributed by atoms with van der Waals surface area (Å²) in [5.41, 5.74) is 10.7. The number of benzene rings is 2. The van der Waals surface area contributed by atoms with E-state index in [1.165, 1.54) is 30.5 Å². The van der Waals surface area contributed by atoms with Gasteiger partial charge in [-0.3, -0.25) is 4.98 Å². The summed E-state index contributed by atoms with van der Waals surface area (Å²) in [4.78, 5) is 4.86. The molecule has 0 amide bonds. The Bertz CT molecular complexity index is 927. The predicted octanol–water partition coefficient (Wildman–Crippen LogP) is 5.31. The second kappa shape index (κ2) is 7.83. The third-order valence-corrected chi connectivity index (χ3v) is 4.82. The lowest BCUT2D eigenvalue weighted by molar-refractivity contribution is 0.379. The molecule has 5 heteroatoms. The van der Waals surface area contributed by atoms with Crippen LogP contribution in [0.5, 0.6) is 17.2 Å². The number of aromatic nitrogens is 1. The highest BCUT2D eigenvalue weighted by atomic mass is 35.5. The van der Waals surface area contributed by atoms with Gasteiger partial charge < -0.3 is 15.2 Å². The van der Waals surface area contributed by atoms with Gasteiger partial charge in [-0.2, -0.15) is 0 Å². The van der Waals surface area contributed by atoms with Crippen LogP contribution in [0.15, 0.2) is 42.5 Å². The van der Waals surface area contributed by atoms with E-state index >= 15 is 0 Å². The van der Waals surface area contributed by atoms with Gasteiger partial charge in [-0.1, -0.05) is 18.6 Å². The van der Waals surface area contributed by atoms with E-state index in [2.05, 4.69) is 0 Å². The fraction of sp³-hybridized carbons (Fsp3) is 0.286. The standard InChI is InChI=1S/C21H22N2O2.ClH/c1-24-19-9-5-6-10-20(19)25-14-11-12-18-16(13-14)21(22)15-7-3-2-4-8-17(15)23-18;/h5-6,9-13H,2-4,7-8H2,1H3,(H2,22,23);1H. The van der Waals surface area contributed by atoms with E-state index in [9.17, 15) is 0 Å². The highest BCUT2D eigenvalue weighted by Gasteiger charge is 2.16. The van der Waals surface area contributed by atoms with Gasteiger partial charge in [0.2, 0.25) is 0 Å². The van der Waals surface area contributed by atoms with E-state index in [4.69, 9.17) is 20.2 Å². The van der Waals surface area contributed by atoms with E-state index in [1.54, 1.807) is 7.11 Å². The molecule has 0 atom stereocenters. The summed E-state index contributed by atoms with van der Waals surface area (Å²) in [7, 11) is 1.64. The first-order valence-electron chi connectivity index (χ1n) is 8.78. The number of rotatable bonds is 3. The van der Waals surface area contributed by atoms with Crippen molar-refractivity contribution in [3.05, 3.63) is 53.7 Å². The summed E-state index contributed by atoms with van der Waals surface area (Å²) in [5, 5.41) is 0.966. The number of fused-ring (bicyclic) bond motifs is 2. The Kier molecular flexibility index (Phi) is 5.52. The number of ether oxygens (including phenoxy) is 2. The van der Waals surface area contributed by atoms with Gasteiger partial charge in [0.1, 0.15) is 5.75 Å². The van der Waals surface area contributed by atoms with Crippen molar-refractivity contribution in [1.82, 2.24) is 4.98 Å². The normalized spacial score (nSPS) is 13.4. The first-order chi connectivity index (χ1) is 12.3. The molecule has 4 rings (SSSR count). The van der Waals surface area contributed by atoms with Gasteiger partial charge in [-0.25, -0.2) is 0 Å². The minimum atomic E-state index is 0. The third kappa shape index (κ3) is 3.42. The number of hydrogen-bond acceptors (Lipinski definition) is 4. The fourth-order valence-corrected chi connectivity index (χ4v) is 3.51. The second-order valence-electron chi connectivity index (χ2n) is 6.44. The summed E-state index contributed by atoms with van der Waals surface area (Å²) in [5.74, 6) is 2.13. The molecule has 0 radical (unpaired) electrons. The number of hydrogen-bond donors (Lipinski definition) is 1. The third-order valence-electron chi connectivity index (χ3n) is 4.82. The first-order valence-corrected chi connectivity index (χ1v) is 8.78. The van der Waals surface area contributed by atoms with Crippen LogP contribution in [0.4, 0.5) is 5.69 Å². The Labute approximate surface area is 159 Å². The maximum Gasteiger partial charge on any atom is 0.169 e. The molecule has 2 aromatic carbocycles. The van der Waals surface area contributed by atoms with Crippen molar-refractivity contribution in [2.45, 2.75) is 32.1 Å². The zero-order chi connectivity index (χ0) is 17.2. The number of aryl methyl sites for hydroxylation is 1. The number of methoxy groups -OCH3 is 1. The first kappa shape index (κ1) is 18.3. The van der Waals surface area contributed by atoms with Gasteiger partial charge >= 0.3 is 0 Å². The number of nitrogens with zero attached hydrogens (tertiary/aromatic N) is 1. The van der Waals surface area contributed by atoms with Crippen molar-refractivity contribution in [3.8, 4) is 17.2 Å². The molecule has 1 aliphatic rings. The van der Waals surface area contributed by atoms with E-state index < -0.39 is 0 Å². The number of pyridine rings is 1. The number of nitrogen functional groups attached to an aromatic ring is 1. The molecular weight excluding hydrogens is 348 g/mol. The van der Waals surface area contributed by atoms with Gasteiger partial charge in [0, 0.05) is 16.8 Å². The Hall–Kier alpha value is -2.46. The van der Waals surface area contributed by atoms with Gasteiger partial charge in [-0.05, 0) is 61.6 Å². The smallest absolute Gasteiger partial charge is 0.169 e. The van der Waals surface area contributed by atoms with E-state index in [1.807, 2.05) is 42.5 Å². The summed E-state index contributed by atoms with van der Waals surface area (Å²) in [6.07, 6.45) is 5.66. The minimum absolute atomic E-state index is 0. The van der Waals surface area contributed by atoms with Crippen molar-refractivity contribution in [3.63, 3.8) is 0 Å². The molecular formula is C21H23ClN2O2. The lowest BCUT2D eigenvalue weighted by Gasteiger charge is -2.14. The highest BCUT2D eigenvalue weighted by molar-refractivity contribution is 5.93. The molecule has 0 spiro atoms. The van der Waals surface area contributed by atoms with E-state index in [0.717, 1.165) is 35.2 Å². The van der Waals surface area contributed by atoms with Crippen molar-refractivity contribution in [2.75, 3.05) is 12.8 Å². The lowest BCUT2D eigenvalue weighted by atomic mass is 10.0. The van der Waals surface area contributed by atoms with Crippen molar-refractivity contribution < 1.29 is 9.47 Å². The molecule has 1 aliphatic carbocycles. The Morgan fingerprint density at radius 2 is 1.73 bits per heavy atom. The number of anilines is 1. The predicted molar refractivity (Wildman–Crippen MR) is 108 cm³/mol. The average molecular weight is 371 g/mol. The molecule has 0 aliphatic heterocycles. The second-order valence-corrected chi connectivity index (χ2v) is 6.44. The van der Waals surface area contributed by atoms with Crippen LogP contribution in [-0.2, 0) is 12.8 Å².